The third-order valence-electron chi connectivity index (χ3n) is 2.39. The lowest BCUT2D eigenvalue weighted by molar-refractivity contribution is -0.138. The van der Waals surface area contributed by atoms with Crippen molar-refractivity contribution in [2.45, 2.75) is 19.6 Å². The van der Waals surface area contributed by atoms with E-state index in [4.69, 9.17) is 0 Å². The molecule has 2 rings (SSSR count). The summed E-state index contributed by atoms with van der Waals surface area (Å²) in [6.07, 6.45) is -3.41. The molecule has 2 aromatic rings. The van der Waals surface area contributed by atoms with Crippen LogP contribution in [0, 0.1) is 6.92 Å². The van der Waals surface area contributed by atoms with Gasteiger partial charge in [0.1, 0.15) is 17.0 Å². The first-order chi connectivity index (χ1) is 8.39. The molecule has 0 aliphatic rings. The smallest absolute Gasteiger partial charge is 0.309 e. The van der Waals surface area contributed by atoms with E-state index in [9.17, 15) is 18.0 Å². The molecule has 0 unspecified atom stereocenters. The minimum atomic E-state index is -4.67. The molecule has 96 valence electrons. The maximum Gasteiger partial charge on any atom is 0.421 e. The lowest BCUT2D eigenvalue weighted by Gasteiger charge is -2.08. The molecule has 0 spiro atoms. The monoisotopic (exact) mass is 259 g/mol. The number of aromatic nitrogens is 3. The highest BCUT2D eigenvalue weighted by Gasteiger charge is 2.34. The van der Waals surface area contributed by atoms with Gasteiger partial charge in [0.05, 0.1) is 6.54 Å². The molecule has 2 aromatic heterocycles. The first-order valence-electron chi connectivity index (χ1n) is 4.94. The zero-order valence-corrected chi connectivity index (χ0v) is 9.23. The quantitative estimate of drug-likeness (QED) is 0.822. The van der Waals surface area contributed by atoms with E-state index in [0.717, 1.165) is 16.7 Å². The Morgan fingerprint density at radius 1 is 1.39 bits per heavy atom. The minimum Gasteiger partial charge on any atom is -0.309 e. The van der Waals surface area contributed by atoms with Crippen LogP contribution in [0.4, 0.5) is 13.2 Å². The normalized spacial score (nSPS) is 11.8. The summed E-state index contributed by atoms with van der Waals surface area (Å²) in [5.41, 5.74) is -1.58. The summed E-state index contributed by atoms with van der Waals surface area (Å²) in [6.45, 7) is 1.47. The molecule has 5 nitrogen and oxygen atoms in total. The van der Waals surface area contributed by atoms with Crippen LogP contribution >= 0.6 is 0 Å². The first-order valence-corrected chi connectivity index (χ1v) is 4.94. The van der Waals surface area contributed by atoms with Gasteiger partial charge in [-0.2, -0.15) is 13.2 Å². The summed E-state index contributed by atoms with van der Waals surface area (Å²) in [5.74, 6) is 0. The van der Waals surface area contributed by atoms with E-state index in [1.807, 2.05) is 0 Å². The highest BCUT2D eigenvalue weighted by atomic mass is 19.4. The van der Waals surface area contributed by atoms with Crippen molar-refractivity contribution in [3.05, 3.63) is 45.6 Å². The largest absolute Gasteiger partial charge is 0.421 e. The molecule has 8 heteroatoms. The Morgan fingerprint density at radius 3 is 2.67 bits per heavy atom. The molecular formula is C10H8F3N3O2. The average molecular weight is 259 g/mol. The Balaban J connectivity index is 2.42. The van der Waals surface area contributed by atoms with Crippen molar-refractivity contribution in [3.63, 3.8) is 0 Å². The summed E-state index contributed by atoms with van der Waals surface area (Å²) in [5, 5.41) is 7.01. The van der Waals surface area contributed by atoms with Crippen LogP contribution in [0.3, 0.4) is 0 Å². The predicted molar refractivity (Wildman–Crippen MR) is 53.8 cm³/mol. The lowest BCUT2D eigenvalue weighted by Crippen LogP contribution is -2.28. The number of aryl methyl sites for hydroxylation is 1. The van der Waals surface area contributed by atoms with Gasteiger partial charge in [0.25, 0.3) is 5.56 Å². The molecule has 0 amide bonds. The van der Waals surface area contributed by atoms with Crippen LogP contribution in [0.15, 0.2) is 27.8 Å². The second-order valence-electron chi connectivity index (χ2n) is 3.65. The van der Waals surface area contributed by atoms with Crippen molar-refractivity contribution < 1.29 is 17.8 Å². The van der Waals surface area contributed by atoms with Crippen LogP contribution < -0.4 is 5.56 Å². The fraction of sp³-hybridized carbons (Fsp3) is 0.300. The zero-order chi connectivity index (χ0) is 13.3. The molecule has 0 aliphatic heterocycles. The van der Waals surface area contributed by atoms with E-state index in [1.165, 1.54) is 6.20 Å². The van der Waals surface area contributed by atoms with Gasteiger partial charge in [-0.05, 0) is 19.1 Å². The molecule has 0 aromatic carbocycles. The Bertz CT molecular complexity index is 615. The van der Waals surface area contributed by atoms with E-state index < -0.39 is 17.3 Å². The Kier molecular flexibility index (Phi) is 2.93. The summed E-state index contributed by atoms with van der Waals surface area (Å²) in [6, 6.07) is 1.90. The van der Waals surface area contributed by atoms with Gasteiger partial charge >= 0.3 is 6.18 Å². The third-order valence-corrected chi connectivity index (χ3v) is 2.39. The van der Waals surface area contributed by atoms with Gasteiger partial charge < -0.3 is 4.57 Å². The van der Waals surface area contributed by atoms with Crippen molar-refractivity contribution in [1.29, 1.82) is 0 Å². The molecule has 0 N–H and O–H groups in total. The molecule has 0 saturated carbocycles. The molecule has 0 aliphatic carbocycles. The molecule has 18 heavy (non-hydrogen) atoms. The van der Waals surface area contributed by atoms with Crippen molar-refractivity contribution in [2.75, 3.05) is 0 Å². The van der Waals surface area contributed by atoms with Crippen LogP contribution in [0.2, 0.25) is 0 Å². The lowest BCUT2D eigenvalue weighted by atomic mass is 10.2. The number of rotatable bonds is 2. The van der Waals surface area contributed by atoms with Crippen LogP contribution in [0.25, 0.3) is 0 Å². The summed E-state index contributed by atoms with van der Waals surface area (Å²) in [7, 11) is 0. The van der Waals surface area contributed by atoms with Crippen LogP contribution in [-0.2, 0) is 12.7 Å². The fourth-order valence-corrected chi connectivity index (χ4v) is 1.43. The number of hydrogen-bond donors (Lipinski definition) is 0. The van der Waals surface area contributed by atoms with Gasteiger partial charge in [-0.25, -0.2) is 4.63 Å². The topological polar surface area (TPSA) is 60.9 Å². The highest BCUT2D eigenvalue weighted by Crippen LogP contribution is 2.26. The van der Waals surface area contributed by atoms with Gasteiger partial charge in [-0.3, -0.25) is 4.79 Å². The van der Waals surface area contributed by atoms with Crippen molar-refractivity contribution in [1.82, 2.24) is 14.9 Å². The third kappa shape index (κ3) is 2.27. The van der Waals surface area contributed by atoms with E-state index in [-0.39, 0.29) is 6.54 Å². The van der Waals surface area contributed by atoms with Crippen molar-refractivity contribution in [3.8, 4) is 0 Å². The molecule has 0 fully saturated rings. The zero-order valence-electron chi connectivity index (χ0n) is 9.23. The maximum atomic E-state index is 12.5. The van der Waals surface area contributed by atoms with Crippen LogP contribution in [0.5, 0.6) is 0 Å². The SMILES string of the molecule is Cc1nonc1Cn1cccc(C(F)(F)F)c1=O. The van der Waals surface area contributed by atoms with E-state index >= 15 is 0 Å². The van der Waals surface area contributed by atoms with Crippen molar-refractivity contribution in [2.24, 2.45) is 0 Å². The number of hydrogen-bond acceptors (Lipinski definition) is 4. The summed E-state index contributed by atoms with van der Waals surface area (Å²) >= 11 is 0. The standard InChI is InChI=1S/C10H8F3N3O2/c1-6-8(15-18-14-6)5-16-4-2-3-7(9(16)17)10(11,12)13/h2-4H,5H2,1H3. The van der Waals surface area contributed by atoms with Gasteiger partial charge in [0.15, 0.2) is 0 Å². The first kappa shape index (κ1) is 12.3. The van der Waals surface area contributed by atoms with E-state index in [1.54, 1.807) is 6.92 Å². The predicted octanol–water partition coefficient (Wildman–Crippen LogP) is 1.61. The number of halogens is 3. The fourth-order valence-electron chi connectivity index (χ4n) is 1.43. The minimum absolute atomic E-state index is 0.113. The molecule has 0 saturated heterocycles. The second kappa shape index (κ2) is 4.28. The van der Waals surface area contributed by atoms with E-state index in [0.29, 0.717) is 11.4 Å². The van der Waals surface area contributed by atoms with Crippen molar-refractivity contribution >= 4 is 0 Å². The van der Waals surface area contributed by atoms with Crippen LogP contribution in [-0.4, -0.2) is 14.9 Å². The highest BCUT2D eigenvalue weighted by molar-refractivity contribution is 5.15. The Morgan fingerprint density at radius 2 is 2.11 bits per heavy atom. The van der Waals surface area contributed by atoms with E-state index in [2.05, 4.69) is 14.9 Å². The molecule has 0 bridgehead atoms. The second-order valence-corrected chi connectivity index (χ2v) is 3.65. The molecule has 0 radical (unpaired) electrons. The number of nitrogens with zero attached hydrogens (tertiary/aromatic N) is 3. The molecular weight excluding hydrogens is 251 g/mol. The number of pyridine rings is 1. The molecule has 2 heterocycles. The van der Waals surface area contributed by atoms with Gasteiger partial charge in [-0.15, -0.1) is 0 Å². The molecule has 0 atom stereocenters. The van der Waals surface area contributed by atoms with Crippen LogP contribution in [0.1, 0.15) is 17.0 Å². The number of alkyl halides is 3. The summed E-state index contributed by atoms with van der Waals surface area (Å²) in [4.78, 5) is 11.6. The van der Waals surface area contributed by atoms with Gasteiger partial charge in [0.2, 0.25) is 0 Å². The Labute approximate surface area is 98.8 Å². The maximum absolute atomic E-state index is 12.5. The average Bonchev–Trinajstić information content (AvgIpc) is 2.66. The Hall–Kier alpha value is -2.12. The summed E-state index contributed by atoms with van der Waals surface area (Å²) < 4.78 is 42.9. The van der Waals surface area contributed by atoms with Gasteiger partial charge in [-0.1, -0.05) is 10.3 Å². The van der Waals surface area contributed by atoms with Gasteiger partial charge in [0, 0.05) is 6.20 Å².